The van der Waals surface area contributed by atoms with E-state index in [0.717, 1.165) is 30.5 Å². The van der Waals surface area contributed by atoms with Gasteiger partial charge in [-0.1, -0.05) is 18.2 Å². The molecule has 2 aromatic heterocycles. The summed E-state index contributed by atoms with van der Waals surface area (Å²) in [7, 11) is -7.61. The third-order valence-corrected chi connectivity index (χ3v) is 10.7. The Morgan fingerprint density at radius 3 is 2.11 bits per heavy atom. The van der Waals surface area contributed by atoms with Crippen molar-refractivity contribution in [3.05, 3.63) is 108 Å². The number of carbonyl (C=O) groups is 2. The summed E-state index contributed by atoms with van der Waals surface area (Å²) in [5.74, 6) is -1.13. The minimum absolute atomic E-state index is 0.00411. The first kappa shape index (κ1) is 30.8. The Labute approximate surface area is 253 Å². The molecule has 0 unspecified atom stereocenters. The van der Waals surface area contributed by atoms with Crippen LogP contribution in [0.15, 0.2) is 101 Å². The molecule has 0 saturated carbocycles. The summed E-state index contributed by atoms with van der Waals surface area (Å²) in [5, 5.41) is 2.29. The van der Waals surface area contributed by atoms with Crippen molar-refractivity contribution in [3.63, 3.8) is 0 Å². The lowest BCUT2D eigenvalue weighted by atomic mass is 10.1. The number of ether oxygens (including phenoxy) is 1. The van der Waals surface area contributed by atoms with E-state index in [1.807, 2.05) is 0 Å². The number of hydrogen-bond donors (Lipinski definition) is 1. The Balaban J connectivity index is 1.21. The van der Waals surface area contributed by atoms with Crippen LogP contribution >= 0.6 is 0 Å². The van der Waals surface area contributed by atoms with Gasteiger partial charge in [-0.25, -0.2) is 26.2 Å². The molecule has 1 N–H and O–H groups in total. The number of pyridine rings is 2. The van der Waals surface area contributed by atoms with Gasteiger partial charge in [-0.3, -0.25) is 14.6 Å². The fraction of sp³-hybridized carbons (Fsp3) is 0.200. The van der Waals surface area contributed by atoms with E-state index in [1.54, 1.807) is 30.3 Å². The number of likely N-dealkylation sites (tertiary alicyclic amines) is 1. The maximum Gasteiger partial charge on any atom is 0.274 e. The Morgan fingerprint density at radius 1 is 0.864 bits per heavy atom. The van der Waals surface area contributed by atoms with Crippen molar-refractivity contribution in [3.8, 4) is 5.75 Å². The number of rotatable bonds is 8. The first-order chi connectivity index (χ1) is 20.9. The van der Waals surface area contributed by atoms with Crippen molar-refractivity contribution >= 4 is 37.2 Å². The van der Waals surface area contributed by atoms with Crippen molar-refractivity contribution < 1.29 is 35.6 Å². The molecule has 0 aliphatic carbocycles. The monoisotopic (exact) mass is 638 g/mol. The molecule has 0 spiro atoms. The normalized spacial score (nSPS) is 14.9. The fourth-order valence-corrected chi connectivity index (χ4v) is 7.03. The van der Waals surface area contributed by atoms with Gasteiger partial charge < -0.3 is 15.0 Å². The van der Waals surface area contributed by atoms with Gasteiger partial charge in [0, 0.05) is 38.4 Å². The largest absolute Gasteiger partial charge is 0.471 e. The first-order valence-corrected chi connectivity index (χ1v) is 16.7. The van der Waals surface area contributed by atoms with Crippen LogP contribution in [0.1, 0.15) is 33.7 Å². The molecule has 0 bridgehead atoms. The number of anilines is 1. The number of nitrogens with one attached hydrogen (secondary N) is 1. The van der Waals surface area contributed by atoms with E-state index in [1.165, 1.54) is 41.6 Å². The maximum atomic E-state index is 13.2. The molecular weight excluding hydrogens is 611 g/mol. The van der Waals surface area contributed by atoms with Gasteiger partial charge in [0.1, 0.15) is 17.3 Å². The average Bonchev–Trinajstić information content (AvgIpc) is 3.01. The molecule has 0 atom stereocenters. The molecule has 1 aliphatic heterocycles. The van der Waals surface area contributed by atoms with Crippen LogP contribution in [-0.4, -0.2) is 67.8 Å². The molecule has 2 aromatic carbocycles. The molecule has 5 rings (SSSR count). The SMILES string of the molecule is CS(=O)(=O)C1(Oc2ccccc2)CCN(C(=O)c2ccc(C(=O)Nc3ccc(S(=O)(=O)c4ccc(F)cc4)nc3)nc2)CC1. The molecule has 3 heterocycles. The van der Waals surface area contributed by atoms with Gasteiger partial charge in [-0.05, 0) is 60.7 Å². The van der Waals surface area contributed by atoms with Gasteiger partial charge in [0.25, 0.3) is 11.8 Å². The number of amides is 2. The second kappa shape index (κ2) is 12.1. The molecule has 4 aromatic rings. The topological polar surface area (TPSA) is 153 Å². The van der Waals surface area contributed by atoms with Crippen LogP contribution < -0.4 is 10.1 Å². The maximum absolute atomic E-state index is 13.2. The molecule has 44 heavy (non-hydrogen) atoms. The van der Waals surface area contributed by atoms with E-state index < -0.39 is 36.3 Å². The van der Waals surface area contributed by atoms with Gasteiger partial charge in [0.2, 0.25) is 14.8 Å². The molecular formula is C30H27FN4O7S2. The summed E-state index contributed by atoms with van der Waals surface area (Å²) in [4.78, 5) is 33.8. The molecule has 1 aliphatic rings. The van der Waals surface area contributed by atoms with Crippen LogP contribution in [0.4, 0.5) is 10.1 Å². The predicted octanol–water partition coefficient (Wildman–Crippen LogP) is 3.76. The van der Waals surface area contributed by atoms with Crippen LogP contribution in [-0.2, 0) is 19.7 Å². The number of halogens is 1. The summed E-state index contributed by atoms with van der Waals surface area (Å²) >= 11 is 0. The highest BCUT2D eigenvalue weighted by molar-refractivity contribution is 7.92. The van der Waals surface area contributed by atoms with Gasteiger partial charge in [-0.15, -0.1) is 0 Å². The number of nitrogens with zero attached hydrogens (tertiary/aromatic N) is 3. The van der Waals surface area contributed by atoms with Crippen LogP contribution in [0, 0.1) is 5.82 Å². The molecule has 1 fully saturated rings. The summed E-state index contributed by atoms with van der Waals surface area (Å²) in [5.41, 5.74) is 0.417. The lowest BCUT2D eigenvalue weighted by molar-refractivity contribution is 0.0480. The van der Waals surface area contributed by atoms with Crippen molar-refractivity contribution in [2.75, 3.05) is 24.7 Å². The van der Waals surface area contributed by atoms with Crippen LogP contribution in [0.3, 0.4) is 0 Å². The molecule has 14 heteroatoms. The lowest BCUT2D eigenvalue weighted by Crippen LogP contribution is -2.53. The smallest absolute Gasteiger partial charge is 0.274 e. The summed E-state index contributed by atoms with van der Waals surface area (Å²) in [6, 6.07) is 18.4. The Kier molecular flexibility index (Phi) is 8.48. The van der Waals surface area contributed by atoms with Crippen LogP contribution in [0.2, 0.25) is 0 Å². The fourth-order valence-electron chi connectivity index (χ4n) is 4.68. The minimum atomic E-state index is -3.98. The van der Waals surface area contributed by atoms with Crippen molar-refractivity contribution in [1.82, 2.24) is 14.9 Å². The highest BCUT2D eigenvalue weighted by Crippen LogP contribution is 2.33. The van der Waals surface area contributed by atoms with Crippen molar-refractivity contribution in [2.24, 2.45) is 0 Å². The Bertz CT molecular complexity index is 1880. The average molecular weight is 639 g/mol. The summed E-state index contributed by atoms with van der Waals surface area (Å²) in [6.07, 6.45) is 3.71. The third-order valence-electron chi connectivity index (χ3n) is 7.17. The quantitative estimate of drug-likeness (QED) is 0.284. The second-order valence-electron chi connectivity index (χ2n) is 10.1. The van der Waals surface area contributed by atoms with Crippen LogP contribution in [0.25, 0.3) is 0 Å². The Morgan fingerprint density at radius 2 is 1.55 bits per heavy atom. The number of carbonyl (C=O) groups excluding carboxylic acids is 2. The highest BCUT2D eigenvalue weighted by Gasteiger charge is 2.46. The number of benzene rings is 2. The lowest BCUT2D eigenvalue weighted by Gasteiger charge is -2.40. The van der Waals surface area contributed by atoms with Gasteiger partial charge in [-0.2, -0.15) is 0 Å². The van der Waals surface area contributed by atoms with E-state index in [2.05, 4.69) is 15.3 Å². The number of sulfone groups is 2. The van der Waals surface area contributed by atoms with Gasteiger partial charge in [0.15, 0.2) is 14.9 Å². The van der Waals surface area contributed by atoms with Crippen molar-refractivity contribution in [1.29, 1.82) is 0 Å². The zero-order valence-corrected chi connectivity index (χ0v) is 25.0. The zero-order chi connectivity index (χ0) is 31.5. The van der Waals surface area contributed by atoms with E-state index in [-0.39, 0.29) is 58.7 Å². The van der Waals surface area contributed by atoms with Gasteiger partial charge >= 0.3 is 0 Å². The third kappa shape index (κ3) is 6.45. The minimum Gasteiger partial charge on any atom is -0.471 e. The van der Waals surface area contributed by atoms with Crippen molar-refractivity contribution in [2.45, 2.75) is 27.7 Å². The predicted molar refractivity (Wildman–Crippen MR) is 158 cm³/mol. The van der Waals surface area contributed by atoms with E-state index in [9.17, 15) is 30.8 Å². The van der Waals surface area contributed by atoms with Crippen LogP contribution in [0.5, 0.6) is 5.75 Å². The molecule has 11 nitrogen and oxygen atoms in total. The molecule has 228 valence electrons. The Hall–Kier alpha value is -4.69. The first-order valence-electron chi connectivity index (χ1n) is 13.4. The zero-order valence-electron chi connectivity index (χ0n) is 23.4. The van der Waals surface area contributed by atoms with E-state index >= 15 is 0 Å². The number of piperidine rings is 1. The standard InChI is InChI=1S/C30H27FN4O7S2/c1-43(38,39)30(42-24-5-3-2-4-6-24)15-17-35(18-16-30)29(37)21-7-13-26(32-19-21)28(36)34-23-10-14-27(33-20-23)44(40,41)25-11-8-22(31)9-12-25/h2-14,19-20H,15-18H2,1H3,(H,34,36). The summed E-state index contributed by atoms with van der Waals surface area (Å²) < 4.78 is 69.9. The number of hydrogen-bond acceptors (Lipinski definition) is 9. The summed E-state index contributed by atoms with van der Waals surface area (Å²) in [6.45, 7) is 0.279. The molecule has 1 saturated heterocycles. The van der Waals surface area contributed by atoms with Gasteiger partial charge in [0.05, 0.1) is 22.3 Å². The second-order valence-corrected chi connectivity index (χ2v) is 14.3. The number of para-hydroxylation sites is 1. The highest BCUT2D eigenvalue weighted by atomic mass is 32.2. The molecule has 0 radical (unpaired) electrons. The molecule has 2 amide bonds. The van der Waals surface area contributed by atoms with E-state index in [4.69, 9.17) is 4.74 Å². The number of aromatic nitrogens is 2. The van der Waals surface area contributed by atoms with E-state index in [0.29, 0.717) is 5.75 Å².